The van der Waals surface area contributed by atoms with E-state index in [1.54, 1.807) is 6.92 Å². The fourth-order valence-electron chi connectivity index (χ4n) is 2.13. The van der Waals surface area contributed by atoms with Crippen molar-refractivity contribution < 1.29 is 32.3 Å². The zero-order valence-corrected chi connectivity index (χ0v) is 11.8. The van der Waals surface area contributed by atoms with Crippen molar-refractivity contribution >= 4 is 17.8 Å². The summed E-state index contributed by atoms with van der Waals surface area (Å²) in [5, 5.41) is 0. The third kappa shape index (κ3) is 4.91. The topological polar surface area (TPSA) is 66.9 Å². The van der Waals surface area contributed by atoms with Crippen molar-refractivity contribution in [1.82, 2.24) is 9.80 Å². The number of likely N-dealkylation sites (N-methyl/N-ethyl adjacent to an activating group) is 1. The van der Waals surface area contributed by atoms with Gasteiger partial charge in [0.25, 0.3) is 0 Å². The number of amides is 2. The van der Waals surface area contributed by atoms with Gasteiger partial charge in [-0.15, -0.1) is 0 Å². The number of rotatable bonds is 5. The predicted octanol–water partition coefficient (Wildman–Crippen LogP) is 0.419. The lowest BCUT2D eigenvalue weighted by molar-refractivity contribution is -0.157. The molecular formula is C12H17F3N2O4. The van der Waals surface area contributed by atoms with Crippen LogP contribution in [-0.4, -0.2) is 67.0 Å². The summed E-state index contributed by atoms with van der Waals surface area (Å²) in [6.07, 6.45) is -4.77. The summed E-state index contributed by atoms with van der Waals surface area (Å²) in [5.74, 6) is -2.70. The zero-order valence-electron chi connectivity index (χ0n) is 11.8. The maximum Gasteiger partial charge on any atom is 0.406 e. The second kappa shape index (κ2) is 6.77. The Morgan fingerprint density at radius 3 is 2.52 bits per heavy atom. The summed E-state index contributed by atoms with van der Waals surface area (Å²) < 4.78 is 41.3. The molecule has 6 nitrogen and oxygen atoms in total. The maximum atomic E-state index is 12.3. The Labute approximate surface area is 119 Å². The first-order chi connectivity index (χ1) is 9.67. The average Bonchev–Trinajstić information content (AvgIpc) is 2.74. The van der Waals surface area contributed by atoms with Crippen LogP contribution in [0.3, 0.4) is 0 Å². The Hall–Kier alpha value is -1.80. The minimum Gasteiger partial charge on any atom is -0.468 e. The van der Waals surface area contributed by atoms with Gasteiger partial charge < -0.3 is 14.5 Å². The first-order valence-electron chi connectivity index (χ1n) is 6.38. The van der Waals surface area contributed by atoms with E-state index in [0.29, 0.717) is 4.90 Å². The summed E-state index contributed by atoms with van der Waals surface area (Å²) in [7, 11) is 1.17. The van der Waals surface area contributed by atoms with Crippen molar-refractivity contribution in [2.45, 2.75) is 19.5 Å². The monoisotopic (exact) mass is 310 g/mol. The molecule has 1 atom stereocenters. The van der Waals surface area contributed by atoms with Gasteiger partial charge in [0, 0.05) is 19.5 Å². The number of likely N-dealkylation sites (tertiary alicyclic amines) is 1. The highest BCUT2D eigenvalue weighted by atomic mass is 19.4. The van der Waals surface area contributed by atoms with Crippen LogP contribution in [0.5, 0.6) is 0 Å². The van der Waals surface area contributed by atoms with Gasteiger partial charge in [-0.05, 0) is 6.92 Å². The fourth-order valence-corrected chi connectivity index (χ4v) is 2.13. The lowest BCUT2D eigenvalue weighted by atomic mass is 10.1. The van der Waals surface area contributed by atoms with Gasteiger partial charge in [-0.25, -0.2) is 0 Å². The minimum absolute atomic E-state index is 0.206. The van der Waals surface area contributed by atoms with Crippen LogP contribution in [0.2, 0.25) is 0 Å². The maximum absolute atomic E-state index is 12.3. The van der Waals surface area contributed by atoms with Crippen LogP contribution in [0.15, 0.2) is 0 Å². The molecule has 2 amide bonds. The Kier molecular flexibility index (Phi) is 5.56. The molecule has 0 aromatic rings. The van der Waals surface area contributed by atoms with Crippen molar-refractivity contribution in [2.75, 3.05) is 33.3 Å². The first-order valence-corrected chi connectivity index (χ1v) is 6.38. The number of methoxy groups -OCH3 is 1. The fraction of sp³-hybridized carbons (Fsp3) is 0.750. The quantitative estimate of drug-likeness (QED) is 0.690. The van der Waals surface area contributed by atoms with Crippen LogP contribution >= 0.6 is 0 Å². The molecule has 1 unspecified atom stereocenters. The number of alkyl halides is 3. The highest BCUT2D eigenvalue weighted by Gasteiger charge is 2.41. The lowest BCUT2D eigenvalue weighted by Gasteiger charge is -2.23. The van der Waals surface area contributed by atoms with Gasteiger partial charge in [0.15, 0.2) is 0 Å². The Morgan fingerprint density at radius 2 is 2.05 bits per heavy atom. The largest absolute Gasteiger partial charge is 0.468 e. The zero-order chi connectivity index (χ0) is 16.2. The number of carbonyl (C=O) groups is 3. The highest BCUT2D eigenvalue weighted by Crippen LogP contribution is 2.25. The predicted molar refractivity (Wildman–Crippen MR) is 65.0 cm³/mol. The summed E-state index contributed by atoms with van der Waals surface area (Å²) in [6.45, 7) is -0.0909. The van der Waals surface area contributed by atoms with E-state index in [0.717, 1.165) is 0 Å². The molecule has 120 valence electrons. The van der Waals surface area contributed by atoms with Crippen molar-refractivity contribution in [1.29, 1.82) is 0 Å². The average molecular weight is 310 g/mol. The summed E-state index contributed by atoms with van der Waals surface area (Å²) >= 11 is 0. The second-order valence-electron chi connectivity index (χ2n) is 4.72. The van der Waals surface area contributed by atoms with Gasteiger partial charge in [-0.3, -0.25) is 14.4 Å². The van der Waals surface area contributed by atoms with Crippen molar-refractivity contribution in [2.24, 2.45) is 5.92 Å². The van der Waals surface area contributed by atoms with E-state index >= 15 is 0 Å². The molecule has 1 heterocycles. The summed E-state index contributed by atoms with van der Waals surface area (Å²) in [6, 6.07) is 0. The third-order valence-corrected chi connectivity index (χ3v) is 3.17. The third-order valence-electron chi connectivity index (χ3n) is 3.17. The Morgan fingerprint density at radius 1 is 1.43 bits per heavy atom. The van der Waals surface area contributed by atoms with Gasteiger partial charge in [0.05, 0.1) is 13.0 Å². The van der Waals surface area contributed by atoms with Crippen LogP contribution in [0.1, 0.15) is 13.3 Å². The first kappa shape index (κ1) is 17.3. The Bertz CT molecular complexity index is 425. The van der Waals surface area contributed by atoms with E-state index in [1.807, 2.05) is 0 Å². The molecule has 0 saturated carbocycles. The number of ether oxygens (including phenoxy) is 1. The van der Waals surface area contributed by atoms with E-state index in [9.17, 15) is 27.6 Å². The van der Waals surface area contributed by atoms with Crippen LogP contribution in [-0.2, 0) is 19.1 Å². The number of esters is 1. The number of halogens is 3. The van der Waals surface area contributed by atoms with Gasteiger partial charge >= 0.3 is 12.1 Å². The molecule has 1 fully saturated rings. The van der Waals surface area contributed by atoms with Crippen molar-refractivity contribution in [3.63, 3.8) is 0 Å². The molecule has 0 bridgehead atoms. The molecule has 21 heavy (non-hydrogen) atoms. The molecule has 1 saturated heterocycles. The molecular weight excluding hydrogens is 293 g/mol. The van der Waals surface area contributed by atoms with Gasteiger partial charge in [-0.1, -0.05) is 0 Å². The van der Waals surface area contributed by atoms with Gasteiger partial charge in [0.1, 0.15) is 13.1 Å². The molecule has 0 aromatic carbocycles. The Balaban J connectivity index is 2.67. The number of nitrogens with zero attached hydrogens (tertiary/aromatic N) is 2. The van der Waals surface area contributed by atoms with E-state index in [1.165, 1.54) is 12.0 Å². The molecule has 1 aliphatic rings. The summed E-state index contributed by atoms with van der Waals surface area (Å²) in [5.41, 5.74) is 0. The smallest absolute Gasteiger partial charge is 0.406 e. The van der Waals surface area contributed by atoms with Gasteiger partial charge in [-0.2, -0.15) is 13.2 Å². The van der Waals surface area contributed by atoms with E-state index in [2.05, 4.69) is 4.74 Å². The second-order valence-corrected chi connectivity index (χ2v) is 4.72. The van der Waals surface area contributed by atoms with Gasteiger partial charge in [0.2, 0.25) is 11.8 Å². The molecule has 0 N–H and O–H groups in total. The lowest BCUT2D eigenvalue weighted by Crippen LogP contribution is -2.41. The molecule has 1 rings (SSSR count). The van der Waals surface area contributed by atoms with Crippen LogP contribution in [0.25, 0.3) is 0 Å². The van der Waals surface area contributed by atoms with E-state index in [4.69, 9.17) is 0 Å². The van der Waals surface area contributed by atoms with E-state index in [-0.39, 0.29) is 26.1 Å². The molecule has 0 aliphatic carbocycles. The van der Waals surface area contributed by atoms with Crippen LogP contribution in [0.4, 0.5) is 13.2 Å². The molecule has 0 aromatic heterocycles. The van der Waals surface area contributed by atoms with Crippen molar-refractivity contribution in [3.8, 4) is 0 Å². The standard InChI is InChI=1S/C12H17F3N2O4/c1-3-16(6-10(19)21-2)11(20)8-4-9(18)17(5-8)7-12(13,14)15/h8H,3-7H2,1-2H3. The highest BCUT2D eigenvalue weighted by molar-refractivity contribution is 5.90. The molecule has 9 heteroatoms. The number of hydrogen-bond donors (Lipinski definition) is 0. The van der Waals surface area contributed by atoms with Crippen LogP contribution in [0, 0.1) is 5.92 Å². The van der Waals surface area contributed by atoms with Crippen LogP contribution < -0.4 is 0 Å². The van der Waals surface area contributed by atoms with Crippen molar-refractivity contribution in [3.05, 3.63) is 0 Å². The normalized spacial score (nSPS) is 18.8. The molecule has 1 aliphatic heterocycles. The number of hydrogen-bond acceptors (Lipinski definition) is 4. The number of carbonyl (C=O) groups excluding carboxylic acids is 3. The minimum atomic E-state index is -4.50. The molecule has 0 spiro atoms. The SMILES string of the molecule is CCN(CC(=O)OC)C(=O)C1CC(=O)N(CC(F)(F)F)C1. The summed E-state index contributed by atoms with van der Waals surface area (Å²) in [4.78, 5) is 36.6. The van der Waals surface area contributed by atoms with E-state index < -0.39 is 36.4 Å². The molecule has 0 radical (unpaired) electrons.